The summed E-state index contributed by atoms with van der Waals surface area (Å²) >= 11 is 0. The number of ether oxygens (including phenoxy) is 5. The van der Waals surface area contributed by atoms with Crippen LogP contribution in [0.1, 0.15) is 5.56 Å². The molecule has 2 aromatic heterocycles. The van der Waals surface area contributed by atoms with Gasteiger partial charge in [-0.25, -0.2) is 4.79 Å². The SMILES string of the molecule is COCCOCCOCCOCCOc1ccc(-c2cc3ccncc3oc2=O)cc1C. The van der Waals surface area contributed by atoms with Gasteiger partial charge in [-0.05, 0) is 42.3 Å². The van der Waals surface area contributed by atoms with E-state index in [0.717, 1.165) is 22.3 Å². The van der Waals surface area contributed by atoms with Gasteiger partial charge in [-0.3, -0.25) is 4.98 Å². The molecule has 172 valence electrons. The predicted octanol–water partition coefficient (Wildman–Crippen LogP) is 3.24. The van der Waals surface area contributed by atoms with Crippen molar-refractivity contribution in [1.82, 2.24) is 4.98 Å². The minimum Gasteiger partial charge on any atom is -0.491 e. The predicted molar refractivity (Wildman–Crippen MR) is 120 cm³/mol. The topological polar surface area (TPSA) is 89.2 Å². The molecule has 0 bridgehead atoms. The van der Waals surface area contributed by atoms with Crippen molar-refractivity contribution >= 4 is 11.0 Å². The molecule has 0 atom stereocenters. The second kappa shape index (κ2) is 12.9. The smallest absolute Gasteiger partial charge is 0.344 e. The lowest BCUT2D eigenvalue weighted by Crippen LogP contribution is -2.13. The summed E-state index contributed by atoms with van der Waals surface area (Å²) in [5, 5.41) is 0.826. The van der Waals surface area contributed by atoms with Crippen LogP contribution in [0, 0.1) is 6.92 Å². The Morgan fingerprint density at radius 2 is 1.56 bits per heavy atom. The van der Waals surface area contributed by atoms with E-state index in [1.165, 1.54) is 6.20 Å². The second-order valence-corrected chi connectivity index (χ2v) is 7.02. The summed E-state index contributed by atoms with van der Waals surface area (Å²) in [6.45, 7) is 6.04. The van der Waals surface area contributed by atoms with E-state index < -0.39 is 5.63 Å². The number of fused-ring (bicyclic) bond motifs is 1. The number of hydrogen-bond donors (Lipinski definition) is 0. The third-order valence-electron chi connectivity index (χ3n) is 4.69. The number of hydrogen-bond acceptors (Lipinski definition) is 8. The molecule has 0 amide bonds. The Labute approximate surface area is 187 Å². The van der Waals surface area contributed by atoms with E-state index in [4.69, 9.17) is 28.1 Å². The molecule has 0 radical (unpaired) electrons. The number of pyridine rings is 1. The third kappa shape index (κ3) is 7.13. The zero-order valence-electron chi connectivity index (χ0n) is 18.5. The van der Waals surface area contributed by atoms with Crippen molar-refractivity contribution in [2.45, 2.75) is 6.92 Å². The summed E-state index contributed by atoms with van der Waals surface area (Å²) < 4.78 is 32.3. The molecule has 1 aromatic carbocycles. The van der Waals surface area contributed by atoms with E-state index in [9.17, 15) is 4.79 Å². The maximum absolute atomic E-state index is 12.4. The van der Waals surface area contributed by atoms with E-state index in [1.807, 2.05) is 37.3 Å². The minimum absolute atomic E-state index is 0.393. The number of methoxy groups -OCH3 is 1. The zero-order chi connectivity index (χ0) is 22.6. The summed E-state index contributed by atoms with van der Waals surface area (Å²) in [7, 11) is 1.64. The number of rotatable bonds is 14. The van der Waals surface area contributed by atoms with E-state index in [1.54, 1.807) is 13.3 Å². The summed E-state index contributed by atoms with van der Waals surface area (Å²) in [6.07, 6.45) is 3.21. The molecule has 0 saturated heterocycles. The Kier molecular flexibility index (Phi) is 9.64. The molecule has 0 aliphatic heterocycles. The Bertz CT molecular complexity index is 1030. The van der Waals surface area contributed by atoms with Gasteiger partial charge in [-0.1, -0.05) is 6.07 Å². The third-order valence-corrected chi connectivity index (χ3v) is 4.69. The van der Waals surface area contributed by atoms with Gasteiger partial charge in [0.2, 0.25) is 0 Å². The van der Waals surface area contributed by atoms with E-state index in [0.29, 0.717) is 64.0 Å². The van der Waals surface area contributed by atoms with Crippen LogP contribution in [-0.4, -0.2) is 64.9 Å². The monoisotopic (exact) mass is 443 g/mol. The molecule has 0 saturated carbocycles. The van der Waals surface area contributed by atoms with Crippen LogP contribution in [0.25, 0.3) is 22.1 Å². The van der Waals surface area contributed by atoms with Crippen molar-refractivity contribution in [2.75, 3.05) is 60.0 Å². The molecule has 0 aliphatic rings. The van der Waals surface area contributed by atoms with Gasteiger partial charge in [0, 0.05) is 18.7 Å². The number of aromatic nitrogens is 1. The van der Waals surface area contributed by atoms with Crippen molar-refractivity contribution in [3.05, 3.63) is 58.7 Å². The second-order valence-electron chi connectivity index (χ2n) is 7.02. The van der Waals surface area contributed by atoms with Gasteiger partial charge >= 0.3 is 5.63 Å². The van der Waals surface area contributed by atoms with Crippen molar-refractivity contribution in [1.29, 1.82) is 0 Å². The number of aryl methyl sites for hydroxylation is 1. The van der Waals surface area contributed by atoms with Gasteiger partial charge in [-0.2, -0.15) is 0 Å². The number of benzene rings is 1. The minimum atomic E-state index is -0.393. The maximum Gasteiger partial charge on any atom is 0.344 e. The Balaban J connectivity index is 1.40. The van der Waals surface area contributed by atoms with Gasteiger partial charge < -0.3 is 28.1 Å². The van der Waals surface area contributed by atoms with Crippen LogP contribution in [0.2, 0.25) is 0 Å². The highest BCUT2D eigenvalue weighted by atomic mass is 16.6. The molecule has 2 heterocycles. The zero-order valence-corrected chi connectivity index (χ0v) is 18.5. The molecule has 0 spiro atoms. The molecule has 8 heteroatoms. The first-order valence-corrected chi connectivity index (χ1v) is 10.5. The van der Waals surface area contributed by atoms with Gasteiger partial charge in [0.15, 0.2) is 5.58 Å². The molecule has 32 heavy (non-hydrogen) atoms. The van der Waals surface area contributed by atoms with Crippen LogP contribution < -0.4 is 10.4 Å². The average molecular weight is 443 g/mol. The highest BCUT2D eigenvalue weighted by Gasteiger charge is 2.10. The van der Waals surface area contributed by atoms with Crippen LogP contribution in [0.4, 0.5) is 0 Å². The summed E-state index contributed by atoms with van der Waals surface area (Å²) in [5.74, 6) is 0.746. The lowest BCUT2D eigenvalue weighted by molar-refractivity contribution is 0.000142. The van der Waals surface area contributed by atoms with Crippen molar-refractivity contribution in [3.8, 4) is 16.9 Å². The highest BCUT2D eigenvalue weighted by molar-refractivity contribution is 5.81. The van der Waals surface area contributed by atoms with Crippen LogP contribution in [0.15, 0.2) is 51.9 Å². The average Bonchev–Trinajstić information content (AvgIpc) is 2.80. The van der Waals surface area contributed by atoms with Gasteiger partial charge in [0.05, 0.1) is 58.0 Å². The Morgan fingerprint density at radius 3 is 2.25 bits per heavy atom. The van der Waals surface area contributed by atoms with Crippen molar-refractivity contribution < 1.29 is 28.1 Å². The molecular formula is C24H29NO7. The van der Waals surface area contributed by atoms with Crippen LogP contribution >= 0.6 is 0 Å². The van der Waals surface area contributed by atoms with Gasteiger partial charge in [-0.15, -0.1) is 0 Å². The molecule has 0 aliphatic carbocycles. The van der Waals surface area contributed by atoms with E-state index in [-0.39, 0.29) is 0 Å². The lowest BCUT2D eigenvalue weighted by Gasteiger charge is -2.11. The standard InChI is InChI=1S/C24H29NO7/c1-18-15-19(21-16-20-5-6-25-17-23(20)32-24(21)26)3-4-22(18)31-14-13-30-12-11-29-10-9-28-8-7-27-2/h3-6,15-17H,7-14H2,1-2H3. The molecule has 0 unspecified atom stereocenters. The first-order chi connectivity index (χ1) is 15.7. The molecular weight excluding hydrogens is 414 g/mol. The molecule has 8 nitrogen and oxygen atoms in total. The lowest BCUT2D eigenvalue weighted by atomic mass is 10.0. The van der Waals surface area contributed by atoms with Crippen LogP contribution in [0.3, 0.4) is 0 Å². The summed E-state index contributed by atoms with van der Waals surface area (Å²) in [4.78, 5) is 16.3. The molecule has 3 aromatic rings. The van der Waals surface area contributed by atoms with Crippen LogP contribution in [0.5, 0.6) is 5.75 Å². The molecule has 0 fully saturated rings. The molecule has 3 rings (SSSR count). The maximum atomic E-state index is 12.4. The van der Waals surface area contributed by atoms with E-state index >= 15 is 0 Å². The summed E-state index contributed by atoms with van der Waals surface area (Å²) in [5.41, 5.74) is 2.29. The fraction of sp³-hybridized carbons (Fsp3) is 0.417. The fourth-order valence-corrected chi connectivity index (χ4v) is 3.04. The van der Waals surface area contributed by atoms with Crippen molar-refractivity contribution in [3.63, 3.8) is 0 Å². The van der Waals surface area contributed by atoms with E-state index in [2.05, 4.69) is 4.98 Å². The Hall–Kier alpha value is -2.78. The van der Waals surface area contributed by atoms with Gasteiger partial charge in [0.1, 0.15) is 12.4 Å². The largest absolute Gasteiger partial charge is 0.491 e. The highest BCUT2D eigenvalue weighted by Crippen LogP contribution is 2.26. The Morgan fingerprint density at radius 1 is 0.875 bits per heavy atom. The number of nitrogens with zero attached hydrogens (tertiary/aromatic N) is 1. The fourth-order valence-electron chi connectivity index (χ4n) is 3.04. The van der Waals surface area contributed by atoms with Gasteiger partial charge in [0.25, 0.3) is 0 Å². The normalized spacial score (nSPS) is 11.2. The van der Waals surface area contributed by atoms with Crippen molar-refractivity contribution in [2.24, 2.45) is 0 Å². The molecule has 0 N–H and O–H groups in total. The summed E-state index contributed by atoms with van der Waals surface area (Å²) in [6, 6.07) is 9.25. The quantitative estimate of drug-likeness (QED) is 0.351. The first-order valence-electron chi connectivity index (χ1n) is 10.5. The van der Waals surface area contributed by atoms with Crippen LogP contribution in [-0.2, 0) is 18.9 Å². The first kappa shape index (κ1) is 23.9.